The Bertz CT molecular complexity index is 851. The van der Waals surface area contributed by atoms with E-state index in [-0.39, 0.29) is 25.0 Å². The Hall–Kier alpha value is -2.38. The maximum absolute atomic E-state index is 14.8. The lowest BCUT2D eigenvalue weighted by Crippen LogP contribution is -2.49. The number of benzene rings is 1. The molecule has 32 heavy (non-hydrogen) atoms. The quantitative estimate of drug-likeness (QED) is 0.556. The van der Waals surface area contributed by atoms with Crippen LogP contribution in [0.25, 0.3) is 0 Å². The maximum atomic E-state index is 14.8. The minimum atomic E-state index is -0.598. The van der Waals surface area contributed by atoms with Crippen LogP contribution in [0.5, 0.6) is 0 Å². The molecule has 2 aliphatic rings. The van der Waals surface area contributed by atoms with Crippen LogP contribution < -0.4 is 15.1 Å². The summed E-state index contributed by atoms with van der Waals surface area (Å²) in [7, 11) is 0. The third kappa shape index (κ3) is 5.51. The van der Waals surface area contributed by atoms with Gasteiger partial charge in [-0.05, 0) is 42.1 Å². The largest absolute Gasteiger partial charge is 0.442 e. The van der Waals surface area contributed by atoms with E-state index in [0.717, 1.165) is 0 Å². The smallest absolute Gasteiger partial charge is 0.414 e. The van der Waals surface area contributed by atoms with Crippen LogP contribution in [0.2, 0.25) is 0 Å². The summed E-state index contributed by atoms with van der Waals surface area (Å²) in [5, 5.41) is 11.7. The number of hydrogen-bond donors (Lipinski definition) is 2. The zero-order chi connectivity index (χ0) is 23.3. The van der Waals surface area contributed by atoms with Crippen LogP contribution in [0.3, 0.4) is 0 Å². The molecule has 3 rings (SSSR count). The number of ether oxygens (including phenoxy) is 1. The lowest BCUT2D eigenvalue weighted by Gasteiger charge is -2.36. The first-order chi connectivity index (χ1) is 15.4. The van der Waals surface area contributed by atoms with E-state index in [1.54, 1.807) is 29.5 Å². The van der Waals surface area contributed by atoms with Gasteiger partial charge in [0.2, 0.25) is 5.91 Å². The zero-order valence-electron chi connectivity index (χ0n) is 17.8. The molecule has 176 valence electrons. The highest BCUT2D eigenvalue weighted by Gasteiger charge is 2.33. The molecule has 2 saturated heterocycles. The molecule has 10 nitrogen and oxygen atoms in total. The topological polar surface area (TPSA) is 106 Å². The Labute approximate surface area is 194 Å². The highest BCUT2D eigenvalue weighted by molar-refractivity contribution is 8.12. The van der Waals surface area contributed by atoms with Crippen LogP contribution in [0.15, 0.2) is 18.2 Å². The predicted octanol–water partition coefficient (Wildman–Crippen LogP) is 1.36. The lowest BCUT2D eigenvalue weighted by molar-refractivity contribution is -0.134. The molecule has 1 aromatic rings. The summed E-state index contributed by atoms with van der Waals surface area (Å²) < 4.78 is 21.6. The Morgan fingerprint density at radius 1 is 1.25 bits per heavy atom. The van der Waals surface area contributed by atoms with Crippen molar-refractivity contribution in [2.75, 3.05) is 68.2 Å². The number of carbonyl (C=O) groups excluding carboxylic acids is 3. The van der Waals surface area contributed by atoms with Crippen molar-refractivity contribution in [3.63, 3.8) is 0 Å². The molecule has 0 saturated carbocycles. The molecule has 0 radical (unpaired) electrons. The van der Waals surface area contributed by atoms with Gasteiger partial charge in [-0.1, -0.05) is 0 Å². The van der Waals surface area contributed by atoms with Gasteiger partial charge in [-0.25, -0.2) is 17.7 Å². The number of halogens is 1. The Morgan fingerprint density at radius 3 is 2.53 bits per heavy atom. The van der Waals surface area contributed by atoms with Crippen molar-refractivity contribution >= 4 is 53.3 Å². The van der Waals surface area contributed by atoms with Gasteiger partial charge in [0.15, 0.2) is 0 Å². The normalized spacial score (nSPS) is 18.6. The molecule has 2 N–H and O–H groups in total. The predicted molar refractivity (Wildman–Crippen MR) is 122 cm³/mol. The second kappa shape index (κ2) is 11.0. The summed E-state index contributed by atoms with van der Waals surface area (Å²) >= 11 is 2.53. The van der Waals surface area contributed by atoms with E-state index in [9.17, 15) is 18.8 Å². The van der Waals surface area contributed by atoms with Gasteiger partial charge < -0.3 is 25.0 Å². The maximum Gasteiger partial charge on any atom is 0.414 e. The zero-order valence-corrected chi connectivity index (χ0v) is 19.5. The van der Waals surface area contributed by atoms with Crippen molar-refractivity contribution in [1.29, 1.82) is 0 Å². The molecule has 4 amide bonds. The summed E-state index contributed by atoms with van der Waals surface area (Å²) in [4.78, 5) is 40.6. The van der Waals surface area contributed by atoms with Gasteiger partial charge in [-0.2, -0.15) is 0 Å². The van der Waals surface area contributed by atoms with Gasteiger partial charge in [0, 0.05) is 38.7 Å². The van der Waals surface area contributed by atoms with Crippen molar-refractivity contribution in [2.24, 2.45) is 0 Å². The monoisotopic (exact) mass is 487 g/mol. The van der Waals surface area contributed by atoms with Gasteiger partial charge in [0.05, 0.1) is 24.5 Å². The van der Waals surface area contributed by atoms with Gasteiger partial charge >= 0.3 is 12.1 Å². The molecule has 0 spiro atoms. The van der Waals surface area contributed by atoms with E-state index in [1.807, 2.05) is 4.90 Å². The van der Waals surface area contributed by atoms with E-state index in [4.69, 9.17) is 9.84 Å². The van der Waals surface area contributed by atoms with Gasteiger partial charge in [-0.15, -0.1) is 0 Å². The Kier molecular flexibility index (Phi) is 8.32. The van der Waals surface area contributed by atoms with Crippen LogP contribution in [-0.4, -0.2) is 96.2 Å². The Morgan fingerprint density at radius 2 is 1.94 bits per heavy atom. The summed E-state index contributed by atoms with van der Waals surface area (Å²) in [6.45, 7) is 1.49. The molecule has 2 heterocycles. The second-order valence-corrected chi connectivity index (χ2v) is 8.78. The van der Waals surface area contributed by atoms with E-state index in [1.165, 1.54) is 38.6 Å². The number of aliphatic hydroxyl groups is 1. The van der Waals surface area contributed by atoms with Gasteiger partial charge in [0.25, 0.3) is 0 Å². The molecule has 0 aliphatic carbocycles. The first-order valence-electron chi connectivity index (χ1n) is 9.95. The number of nitrogens with zero attached hydrogens (tertiary/aromatic N) is 4. The van der Waals surface area contributed by atoms with Crippen LogP contribution in [0.1, 0.15) is 0 Å². The van der Waals surface area contributed by atoms with E-state index >= 15 is 0 Å². The SMILES string of the molecule is CSN(SC)C(=O)NC[C@H]1CN(c2ccc(N3CCN(C(=O)CO)CC3)c(F)c2)C(=O)O1. The lowest BCUT2D eigenvalue weighted by atomic mass is 10.2. The number of amides is 4. The Balaban J connectivity index is 1.58. The number of hydrogen-bond acceptors (Lipinski definition) is 8. The van der Waals surface area contributed by atoms with Crippen molar-refractivity contribution in [2.45, 2.75) is 6.10 Å². The minimum absolute atomic E-state index is 0.149. The summed E-state index contributed by atoms with van der Waals surface area (Å²) in [6, 6.07) is 4.24. The fourth-order valence-electron chi connectivity index (χ4n) is 3.56. The molecule has 1 atom stereocenters. The molecule has 13 heteroatoms. The first kappa shape index (κ1) is 24.3. The second-order valence-electron chi connectivity index (χ2n) is 7.09. The standard InChI is InChI=1S/C19H26FN5O5S2/c1-31-25(32-2)18(28)21-10-14-11-24(19(29)30-14)13-3-4-16(15(20)9-13)22-5-7-23(8-6-22)17(27)12-26/h3-4,9,14,26H,5-8,10-12H2,1-2H3,(H,21,28)/t14-/m0/s1. The number of aliphatic hydroxyl groups excluding tert-OH is 1. The average Bonchev–Trinajstić information content (AvgIpc) is 3.18. The number of rotatable bonds is 7. The number of carbonyl (C=O) groups is 3. The first-order valence-corrected chi connectivity index (χ1v) is 12.3. The van der Waals surface area contributed by atoms with Crippen LogP contribution in [-0.2, 0) is 9.53 Å². The summed E-state index contributed by atoms with van der Waals surface area (Å²) in [6.07, 6.45) is 2.41. The third-order valence-electron chi connectivity index (χ3n) is 5.20. The highest BCUT2D eigenvalue weighted by Crippen LogP contribution is 2.28. The van der Waals surface area contributed by atoms with E-state index in [2.05, 4.69) is 5.32 Å². The van der Waals surface area contributed by atoms with Crippen LogP contribution >= 0.6 is 23.9 Å². The van der Waals surface area contributed by atoms with Crippen LogP contribution in [0, 0.1) is 5.82 Å². The number of nitrogens with one attached hydrogen (secondary N) is 1. The molecular weight excluding hydrogens is 461 g/mol. The summed E-state index contributed by atoms with van der Waals surface area (Å²) in [5.41, 5.74) is 0.754. The van der Waals surface area contributed by atoms with E-state index < -0.39 is 24.6 Å². The molecule has 2 aliphatic heterocycles. The minimum Gasteiger partial charge on any atom is -0.442 e. The van der Waals surface area contributed by atoms with Crippen molar-refractivity contribution in [3.05, 3.63) is 24.0 Å². The third-order valence-corrected chi connectivity index (χ3v) is 7.09. The van der Waals surface area contributed by atoms with Crippen LogP contribution in [0.4, 0.5) is 25.4 Å². The molecule has 0 bridgehead atoms. The van der Waals surface area contributed by atoms with E-state index in [0.29, 0.717) is 37.6 Å². The fourth-order valence-corrected chi connectivity index (χ4v) is 4.62. The van der Waals surface area contributed by atoms with Crippen molar-refractivity contribution in [1.82, 2.24) is 13.9 Å². The van der Waals surface area contributed by atoms with Gasteiger partial charge in [0.1, 0.15) is 18.5 Å². The summed E-state index contributed by atoms with van der Waals surface area (Å²) in [5.74, 6) is -0.821. The molecule has 1 aromatic carbocycles. The molecule has 2 fully saturated rings. The molecule has 0 aromatic heterocycles. The number of anilines is 2. The molecular formula is C19H26FN5O5S2. The van der Waals surface area contributed by atoms with Gasteiger partial charge in [-0.3, -0.25) is 9.69 Å². The average molecular weight is 488 g/mol. The van der Waals surface area contributed by atoms with Crippen molar-refractivity contribution in [3.8, 4) is 0 Å². The number of cyclic esters (lactones) is 1. The molecule has 0 unspecified atom stereocenters. The number of urea groups is 1. The fraction of sp³-hybridized carbons (Fsp3) is 0.526. The van der Waals surface area contributed by atoms with Crippen molar-refractivity contribution < 1.29 is 28.6 Å². The highest BCUT2D eigenvalue weighted by atomic mass is 32.2. The number of piperazine rings is 1.